The minimum absolute atomic E-state index is 0.132. The van der Waals surface area contributed by atoms with Crippen LogP contribution in [0.15, 0.2) is 23.1 Å². The van der Waals surface area contributed by atoms with Crippen LogP contribution in [0.25, 0.3) is 0 Å². The van der Waals surface area contributed by atoms with Gasteiger partial charge in [-0.05, 0) is 37.5 Å². The fourth-order valence-electron chi connectivity index (χ4n) is 2.06. The van der Waals surface area contributed by atoms with Gasteiger partial charge < -0.3 is 5.32 Å². The number of hydrogen-bond acceptors (Lipinski definition) is 3. The predicted molar refractivity (Wildman–Crippen MR) is 81.0 cm³/mol. The lowest BCUT2D eigenvalue weighted by Crippen LogP contribution is -2.25. The SMILES string of the molecule is CCCCCNS(=O)(=O)c1ccc(F)c(CNC2CC2)c1. The summed E-state index contributed by atoms with van der Waals surface area (Å²) < 4.78 is 40.6. The summed E-state index contributed by atoms with van der Waals surface area (Å²) in [7, 11) is -3.55. The number of rotatable bonds is 9. The van der Waals surface area contributed by atoms with Crippen molar-refractivity contribution in [3.8, 4) is 0 Å². The molecule has 118 valence electrons. The van der Waals surface area contributed by atoms with Crippen LogP contribution < -0.4 is 10.0 Å². The van der Waals surface area contributed by atoms with Crippen molar-refractivity contribution < 1.29 is 12.8 Å². The van der Waals surface area contributed by atoms with E-state index in [4.69, 9.17) is 0 Å². The third kappa shape index (κ3) is 5.05. The van der Waals surface area contributed by atoms with Gasteiger partial charge in [-0.2, -0.15) is 0 Å². The second kappa shape index (κ2) is 7.33. The summed E-state index contributed by atoms with van der Waals surface area (Å²) in [5, 5.41) is 3.20. The van der Waals surface area contributed by atoms with E-state index in [0.29, 0.717) is 24.7 Å². The van der Waals surface area contributed by atoms with Crippen LogP contribution in [0.3, 0.4) is 0 Å². The first-order chi connectivity index (χ1) is 10.0. The van der Waals surface area contributed by atoms with Crippen LogP contribution in [0, 0.1) is 5.82 Å². The highest BCUT2D eigenvalue weighted by Gasteiger charge is 2.21. The highest BCUT2D eigenvalue weighted by atomic mass is 32.2. The summed E-state index contributed by atoms with van der Waals surface area (Å²) >= 11 is 0. The Morgan fingerprint density at radius 1 is 1.29 bits per heavy atom. The number of unbranched alkanes of at least 4 members (excludes halogenated alkanes) is 2. The first-order valence-corrected chi connectivity index (χ1v) is 9.02. The van der Waals surface area contributed by atoms with E-state index in [1.54, 1.807) is 0 Å². The van der Waals surface area contributed by atoms with Gasteiger partial charge in [-0.15, -0.1) is 0 Å². The molecule has 2 N–H and O–H groups in total. The molecule has 0 aliphatic heterocycles. The normalized spacial score (nSPS) is 15.3. The van der Waals surface area contributed by atoms with Gasteiger partial charge in [0.05, 0.1) is 4.90 Å². The molecule has 4 nitrogen and oxygen atoms in total. The molecule has 6 heteroatoms. The second-order valence-electron chi connectivity index (χ2n) is 5.51. The Bertz CT molecular complexity index is 571. The van der Waals surface area contributed by atoms with Crippen molar-refractivity contribution in [2.75, 3.05) is 6.54 Å². The smallest absolute Gasteiger partial charge is 0.240 e. The lowest BCUT2D eigenvalue weighted by molar-refractivity contribution is 0.570. The van der Waals surface area contributed by atoms with E-state index in [1.807, 2.05) is 0 Å². The Labute approximate surface area is 126 Å². The Balaban J connectivity index is 2.01. The first kappa shape index (κ1) is 16.4. The van der Waals surface area contributed by atoms with Crippen molar-refractivity contribution in [2.45, 2.75) is 56.5 Å². The summed E-state index contributed by atoms with van der Waals surface area (Å²) in [5.41, 5.74) is 0.401. The Morgan fingerprint density at radius 2 is 2.05 bits per heavy atom. The summed E-state index contributed by atoms with van der Waals surface area (Å²) in [6.07, 6.45) is 5.06. The van der Waals surface area contributed by atoms with Gasteiger partial charge in [-0.25, -0.2) is 17.5 Å². The number of halogens is 1. The van der Waals surface area contributed by atoms with Crippen LogP contribution in [0.2, 0.25) is 0 Å². The van der Waals surface area contributed by atoms with E-state index >= 15 is 0 Å². The third-order valence-corrected chi connectivity index (χ3v) is 5.02. The highest BCUT2D eigenvalue weighted by Crippen LogP contribution is 2.21. The summed E-state index contributed by atoms with van der Waals surface area (Å²) in [6, 6.07) is 4.42. The van der Waals surface area contributed by atoms with Gasteiger partial charge >= 0.3 is 0 Å². The monoisotopic (exact) mass is 314 g/mol. The minimum Gasteiger partial charge on any atom is -0.310 e. The fraction of sp³-hybridized carbons (Fsp3) is 0.600. The van der Waals surface area contributed by atoms with Crippen LogP contribution in [-0.2, 0) is 16.6 Å². The minimum atomic E-state index is -3.55. The molecular weight excluding hydrogens is 291 g/mol. The molecule has 1 aliphatic rings. The topological polar surface area (TPSA) is 58.2 Å². The molecule has 21 heavy (non-hydrogen) atoms. The average molecular weight is 314 g/mol. The van der Waals surface area contributed by atoms with E-state index in [1.165, 1.54) is 18.2 Å². The van der Waals surface area contributed by atoms with E-state index in [9.17, 15) is 12.8 Å². The largest absolute Gasteiger partial charge is 0.310 e. The molecule has 0 radical (unpaired) electrons. The maximum Gasteiger partial charge on any atom is 0.240 e. The van der Waals surface area contributed by atoms with Gasteiger partial charge in [0.1, 0.15) is 5.82 Å². The molecule has 2 rings (SSSR count). The Hall–Kier alpha value is -0.980. The summed E-state index contributed by atoms with van der Waals surface area (Å²) in [4.78, 5) is 0.132. The van der Waals surface area contributed by atoms with Crippen molar-refractivity contribution >= 4 is 10.0 Å². The van der Waals surface area contributed by atoms with E-state index in [-0.39, 0.29) is 10.7 Å². The van der Waals surface area contributed by atoms with E-state index in [2.05, 4.69) is 17.0 Å². The molecule has 1 aliphatic carbocycles. The zero-order valence-electron chi connectivity index (χ0n) is 12.4. The zero-order chi connectivity index (χ0) is 15.3. The molecule has 0 saturated heterocycles. The van der Waals surface area contributed by atoms with Crippen LogP contribution in [0.5, 0.6) is 0 Å². The molecular formula is C15H23FN2O2S. The van der Waals surface area contributed by atoms with Crippen LogP contribution in [-0.4, -0.2) is 21.0 Å². The second-order valence-corrected chi connectivity index (χ2v) is 7.28. The standard InChI is InChI=1S/C15H23FN2O2S/c1-2-3-4-9-18-21(19,20)14-7-8-15(16)12(10-14)11-17-13-5-6-13/h7-8,10,13,17-18H,2-6,9,11H2,1H3. The predicted octanol–water partition coefficient (Wildman–Crippen LogP) is 2.55. The molecule has 1 fully saturated rings. The molecule has 0 spiro atoms. The molecule has 0 unspecified atom stereocenters. The lowest BCUT2D eigenvalue weighted by Gasteiger charge is -2.10. The van der Waals surface area contributed by atoms with Crippen molar-refractivity contribution in [3.63, 3.8) is 0 Å². The van der Waals surface area contributed by atoms with Gasteiger partial charge in [-0.1, -0.05) is 19.8 Å². The Kier molecular flexibility index (Phi) is 5.72. The highest BCUT2D eigenvalue weighted by molar-refractivity contribution is 7.89. The quantitative estimate of drug-likeness (QED) is 0.689. The van der Waals surface area contributed by atoms with Crippen LogP contribution >= 0.6 is 0 Å². The van der Waals surface area contributed by atoms with Gasteiger partial charge in [0.2, 0.25) is 10.0 Å². The zero-order valence-corrected chi connectivity index (χ0v) is 13.2. The van der Waals surface area contributed by atoms with E-state index < -0.39 is 10.0 Å². The van der Waals surface area contributed by atoms with Gasteiger partial charge in [0, 0.05) is 24.7 Å². The molecule has 0 atom stereocenters. The van der Waals surface area contributed by atoms with Gasteiger partial charge in [-0.3, -0.25) is 0 Å². The van der Waals surface area contributed by atoms with Crippen LogP contribution in [0.4, 0.5) is 4.39 Å². The summed E-state index contributed by atoms with van der Waals surface area (Å²) in [5.74, 6) is -0.368. The maximum atomic E-state index is 13.7. The first-order valence-electron chi connectivity index (χ1n) is 7.54. The fourth-order valence-corrected chi connectivity index (χ4v) is 3.18. The number of hydrogen-bond donors (Lipinski definition) is 2. The maximum absolute atomic E-state index is 13.7. The van der Waals surface area contributed by atoms with Crippen molar-refractivity contribution in [1.29, 1.82) is 0 Å². The molecule has 1 aromatic carbocycles. The van der Waals surface area contributed by atoms with E-state index in [0.717, 1.165) is 32.1 Å². The molecule has 0 aromatic heterocycles. The van der Waals surface area contributed by atoms with Crippen LogP contribution in [0.1, 0.15) is 44.6 Å². The van der Waals surface area contributed by atoms with Crippen molar-refractivity contribution in [1.82, 2.24) is 10.0 Å². The van der Waals surface area contributed by atoms with Gasteiger partial charge in [0.15, 0.2) is 0 Å². The number of sulfonamides is 1. The average Bonchev–Trinajstić information content (AvgIpc) is 3.27. The lowest BCUT2D eigenvalue weighted by atomic mass is 10.2. The van der Waals surface area contributed by atoms with Crippen molar-refractivity contribution in [2.24, 2.45) is 0 Å². The Morgan fingerprint density at radius 3 is 2.71 bits per heavy atom. The summed E-state index contributed by atoms with van der Waals surface area (Å²) in [6.45, 7) is 2.85. The number of nitrogens with one attached hydrogen (secondary N) is 2. The molecule has 1 aromatic rings. The number of benzene rings is 1. The van der Waals surface area contributed by atoms with Gasteiger partial charge in [0.25, 0.3) is 0 Å². The van der Waals surface area contributed by atoms with Crippen molar-refractivity contribution in [3.05, 3.63) is 29.6 Å². The molecule has 0 bridgehead atoms. The molecule has 0 amide bonds. The third-order valence-electron chi connectivity index (χ3n) is 3.56. The molecule has 1 saturated carbocycles. The molecule has 0 heterocycles.